The molecule has 0 bridgehead atoms. The van der Waals surface area contributed by atoms with E-state index in [-0.39, 0.29) is 0 Å². The maximum absolute atomic E-state index is 5.50. The van der Waals surface area contributed by atoms with Crippen LogP contribution in [-0.2, 0) is 0 Å². The smallest absolute Gasteiger partial charge is 0.205 e. The van der Waals surface area contributed by atoms with Crippen molar-refractivity contribution in [2.75, 3.05) is 28.4 Å². The Morgan fingerprint density at radius 3 is 2.14 bits per heavy atom. The molecule has 0 amide bonds. The molecule has 0 N–H and O–H groups in total. The van der Waals surface area contributed by atoms with Crippen LogP contribution in [0.25, 0.3) is 11.3 Å². The Kier molecular flexibility index (Phi) is 6.76. The first-order valence-corrected chi connectivity index (χ1v) is 10.4. The Labute approximate surface area is 182 Å². The van der Waals surface area contributed by atoms with E-state index in [9.17, 15) is 0 Å². The summed E-state index contributed by atoms with van der Waals surface area (Å²) in [7, 11) is 6.55. The van der Waals surface area contributed by atoms with E-state index in [0.29, 0.717) is 17.2 Å². The molecule has 0 radical (unpaired) electrons. The van der Waals surface area contributed by atoms with Gasteiger partial charge in [0.25, 0.3) is 0 Å². The van der Waals surface area contributed by atoms with Crippen molar-refractivity contribution >= 4 is 33.0 Å². The third-order valence-corrected chi connectivity index (χ3v) is 5.79. The van der Waals surface area contributed by atoms with Crippen LogP contribution in [0.3, 0.4) is 0 Å². The summed E-state index contributed by atoms with van der Waals surface area (Å²) < 4.78 is 19.3. The lowest BCUT2D eigenvalue weighted by Crippen LogP contribution is -2.13. The minimum atomic E-state index is 0.551. The predicted octanol–water partition coefficient (Wildman–Crippen LogP) is 4.81. The van der Waals surface area contributed by atoms with Gasteiger partial charge < -0.3 is 14.2 Å². The number of hydrogen-bond acceptors (Lipinski definition) is 6. The van der Waals surface area contributed by atoms with Crippen molar-refractivity contribution in [3.63, 3.8) is 0 Å². The molecule has 152 valence electrons. The largest absolute Gasteiger partial charge is 0.493 e. The van der Waals surface area contributed by atoms with Gasteiger partial charge in [-0.1, -0.05) is 28.1 Å². The maximum atomic E-state index is 5.50. The summed E-state index contributed by atoms with van der Waals surface area (Å²) >= 11 is 4.98. The highest BCUT2D eigenvalue weighted by Crippen LogP contribution is 2.41. The molecule has 3 aromatic rings. The molecule has 0 aliphatic carbocycles. The van der Waals surface area contributed by atoms with Crippen molar-refractivity contribution in [2.45, 2.75) is 6.92 Å². The topological polar surface area (TPSA) is 57.3 Å². The average molecular weight is 476 g/mol. The Balaban J connectivity index is 2.17. The molecule has 1 aromatic heterocycles. The Morgan fingerprint density at radius 2 is 1.62 bits per heavy atom. The van der Waals surface area contributed by atoms with Crippen LogP contribution in [0.4, 0.5) is 0 Å². The summed E-state index contributed by atoms with van der Waals surface area (Å²) in [6.07, 6.45) is 0. The fourth-order valence-corrected chi connectivity index (χ4v) is 3.94. The Bertz CT molecular complexity index is 1080. The zero-order valence-electron chi connectivity index (χ0n) is 16.9. The molecule has 0 unspecified atom stereocenters. The van der Waals surface area contributed by atoms with Crippen LogP contribution in [0.5, 0.6) is 17.2 Å². The van der Waals surface area contributed by atoms with Crippen LogP contribution < -0.4 is 19.0 Å². The van der Waals surface area contributed by atoms with Crippen molar-refractivity contribution in [2.24, 2.45) is 10.1 Å². The van der Waals surface area contributed by atoms with Gasteiger partial charge in [-0.2, -0.15) is 5.10 Å². The molecular weight excluding hydrogens is 454 g/mol. The summed E-state index contributed by atoms with van der Waals surface area (Å²) in [5.41, 5.74) is 3.67. The lowest BCUT2D eigenvalue weighted by Gasteiger charge is -2.14. The van der Waals surface area contributed by atoms with Crippen LogP contribution in [0.1, 0.15) is 12.5 Å². The minimum absolute atomic E-state index is 0.551. The molecule has 1 heterocycles. The van der Waals surface area contributed by atoms with Gasteiger partial charge in [0.15, 0.2) is 11.5 Å². The van der Waals surface area contributed by atoms with Crippen molar-refractivity contribution in [1.29, 1.82) is 0 Å². The Morgan fingerprint density at radius 1 is 1.00 bits per heavy atom. The molecule has 6 nitrogen and oxygen atoms in total. The second-order valence-electron chi connectivity index (χ2n) is 6.05. The van der Waals surface area contributed by atoms with Crippen LogP contribution >= 0.6 is 27.3 Å². The first-order valence-electron chi connectivity index (χ1n) is 8.77. The summed E-state index contributed by atoms with van der Waals surface area (Å²) in [5, 5.41) is 6.86. The summed E-state index contributed by atoms with van der Waals surface area (Å²) in [6, 6.07) is 11.9. The molecule has 29 heavy (non-hydrogen) atoms. The lowest BCUT2D eigenvalue weighted by atomic mass is 10.1. The maximum Gasteiger partial charge on any atom is 0.205 e. The molecular formula is C21H22BrN3O3S. The molecule has 0 aliphatic rings. The second-order valence-corrected chi connectivity index (χ2v) is 7.80. The van der Waals surface area contributed by atoms with Gasteiger partial charge >= 0.3 is 0 Å². The summed E-state index contributed by atoms with van der Waals surface area (Å²) in [5.74, 6) is 1.72. The highest BCUT2D eigenvalue weighted by molar-refractivity contribution is 9.10. The first-order chi connectivity index (χ1) is 14.0. The van der Waals surface area contributed by atoms with Gasteiger partial charge in [-0.25, -0.2) is 4.68 Å². The molecule has 0 spiro atoms. The fraction of sp³-hybridized carbons (Fsp3) is 0.238. The second kappa shape index (κ2) is 9.28. The van der Waals surface area contributed by atoms with E-state index in [1.165, 1.54) is 11.3 Å². The predicted molar refractivity (Wildman–Crippen MR) is 121 cm³/mol. The molecule has 2 aromatic carbocycles. The van der Waals surface area contributed by atoms with Crippen LogP contribution in [-0.4, -0.2) is 38.8 Å². The van der Waals surface area contributed by atoms with Crippen molar-refractivity contribution in [3.8, 4) is 28.5 Å². The quantitative estimate of drug-likeness (QED) is 0.480. The zero-order valence-corrected chi connectivity index (χ0v) is 19.3. The van der Waals surface area contributed by atoms with E-state index in [2.05, 4.69) is 20.9 Å². The van der Waals surface area contributed by atoms with Crippen molar-refractivity contribution < 1.29 is 14.2 Å². The van der Waals surface area contributed by atoms with Crippen LogP contribution in [0.15, 0.2) is 56.3 Å². The number of methoxy groups -OCH3 is 3. The number of hydrogen-bond donors (Lipinski definition) is 0. The van der Waals surface area contributed by atoms with E-state index in [4.69, 9.17) is 19.3 Å². The summed E-state index contributed by atoms with van der Waals surface area (Å²) in [6.45, 7) is 1.98. The Hall–Kier alpha value is -2.58. The van der Waals surface area contributed by atoms with Crippen LogP contribution in [0, 0.1) is 0 Å². The van der Waals surface area contributed by atoms with E-state index in [1.807, 2.05) is 53.4 Å². The number of nitrogens with zero attached hydrogens (tertiary/aromatic N) is 3. The number of ether oxygens (including phenoxy) is 3. The zero-order chi connectivity index (χ0) is 21.0. The fourth-order valence-electron chi connectivity index (χ4n) is 2.87. The van der Waals surface area contributed by atoms with Gasteiger partial charge in [-0.15, -0.1) is 11.3 Å². The standard InChI is InChI=1S/C21H22BrN3O3S/c1-13(14-6-8-16(22)9-7-14)24-25-17(12-29-21(25)23-2)15-10-18(26-3)20(28-5)19(11-15)27-4/h6-12H,1-5H3. The SMILES string of the molecule is CN=c1scc(-c2cc(OC)c(OC)c(OC)c2)n1N=C(C)c1ccc(Br)cc1. The van der Waals surface area contributed by atoms with Gasteiger partial charge in [0.2, 0.25) is 10.6 Å². The third-order valence-electron chi connectivity index (χ3n) is 4.35. The van der Waals surface area contributed by atoms with Crippen LogP contribution in [0.2, 0.25) is 0 Å². The minimum Gasteiger partial charge on any atom is -0.493 e. The van der Waals surface area contributed by atoms with E-state index < -0.39 is 0 Å². The normalized spacial score (nSPS) is 12.2. The van der Waals surface area contributed by atoms with Crippen molar-refractivity contribution in [1.82, 2.24) is 4.68 Å². The molecule has 0 atom stereocenters. The van der Waals surface area contributed by atoms with Gasteiger partial charge in [-0.05, 0) is 36.8 Å². The monoisotopic (exact) mass is 475 g/mol. The lowest BCUT2D eigenvalue weighted by molar-refractivity contribution is 0.324. The number of halogens is 1. The van der Waals surface area contributed by atoms with Gasteiger partial charge in [0, 0.05) is 22.5 Å². The first kappa shape index (κ1) is 21.1. The van der Waals surface area contributed by atoms with E-state index in [1.54, 1.807) is 28.4 Å². The third kappa shape index (κ3) is 4.38. The summed E-state index contributed by atoms with van der Waals surface area (Å²) in [4.78, 5) is 5.16. The molecule has 0 saturated heterocycles. The highest BCUT2D eigenvalue weighted by atomic mass is 79.9. The van der Waals surface area contributed by atoms with Gasteiger partial charge in [-0.3, -0.25) is 4.99 Å². The molecule has 8 heteroatoms. The van der Waals surface area contributed by atoms with Gasteiger partial charge in [0.05, 0.1) is 32.7 Å². The molecule has 0 aliphatic heterocycles. The number of benzene rings is 2. The van der Waals surface area contributed by atoms with Crippen molar-refractivity contribution in [3.05, 3.63) is 56.6 Å². The molecule has 0 fully saturated rings. The van der Waals surface area contributed by atoms with E-state index >= 15 is 0 Å². The number of aromatic nitrogens is 1. The number of thiazole rings is 1. The van der Waals surface area contributed by atoms with Gasteiger partial charge in [0.1, 0.15) is 0 Å². The average Bonchev–Trinajstić information content (AvgIpc) is 3.15. The van der Waals surface area contributed by atoms with E-state index in [0.717, 1.165) is 31.8 Å². The molecule has 0 saturated carbocycles. The molecule has 3 rings (SSSR count). The highest BCUT2D eigenvalue weighted by Gasteiger charge is 2.17. The number of rotatable bonds is 6.